The van der Waals surface area contributed by atoms with Crippen LogP contribution in [0.5, 0.6) is 0 Å². The van der Waals surface area contributed by atoms with Crippen molar-refractivity contribution in [1.82, 2.24) is 9.38 Å². The SMILES string of the molecule is Clc1ccc2nc(-c3ccccc3)c(NCC3CCCO3)n2c1. The molecule has 5 heteroatoms. The summed E-state index contributed by atoms with van der Waals surface area (Å²) in [7, 11) is 0. The van der Waals surface area contributed by atoms with E-state index in [1.54, 1.807) is 0 Å². The lowest BCUT2D eigenvalue weighted by molar-refractivity contribution is 0.120. The smallest absolute Gasteiger partial charge is 0.139 e. The number of imidazole rings is 1. The normalized spacial score (nSPS) is 17.7. The van der Waals surface area contributed by atoms with Gasteiger partial charge in [0.25, 0.3) is 0 Å². The summed E-state index contributed by atoms with van der Waals surface area (Å²) in [5.74, 6) is 0.962. The highest BCUT2D eigenvalue weighted by atomic mass is 35.5. The number of pyridine rings is 1. The van der Waals surface area contributed by atoms with Gasteiger partial charge in [0.1, 0.15) is 17.2 Å². The van der Waals surface area contributed by atoms with E-state index in [0.717, 1.165) is 48.7 Å². The molecule has 1 aromatic carbocycles. The van der Waals surface area contributed by atoms with Crippen LogP contribution in [0.1, 0.15) is 12.8 Å². The van der Waals surface area contributed by atoms with E-state index >= 15 is 0 Å². The number of hydrogen-bond donors (Lipinski definition) is 1. The van der Waals surface area contributed by atoms with Crippen LogP contribution in [-0.2, 0) is 4.74 Å². The molecule has 23 heavy (non-hydrogen) atoms. The standard InChI is InChI=1S/C18H18ClN3O/c19-14-8-9-16-21-17(13-5-2-1-3-6-13)18(22(16)12-14)20-11-15-7-4-10-23-15/h1-3,5-6,8-9,12,15,20H,4,7,10-11H2. The van der Waals surface area contributed by atoms with E-state index in [1.165, 1.54) is 0 Å². The van der Waals surface area contributed by atoms with Gasteiger partial charge in [-0.3, -0.25) is 4.40 Å². The summed E-state index contributed by atoms with van der Waals surface area (Å²) in [4.78, 5) is 4.77. The Morgan fingerprint density at radius 1 is 1.22 bits per heavy atom. The number of fused-ring (bicyclic) bond motifs is 1. The highest BCUT2D eigenvalue weighted by Crippen LogP contribution is 2.30. The van der Waals surface area contributed by atoms with Crippen molar-refractivity contribution in [3.05, 3.63) is 53.7 Å². The molecule has 1 fully saturated rings. The third-order valence-electron chi connectivity index (χ3n) is 4.15. The number of rotatable bonds is 4. The summed E-state index contributed by atoms with van der Waals surface area (Å²) >= 11 is 6.17. The summed E-state index contributed by atoms with van der Waals surface area (Å²) in [6.07, 6.45) is 4.40. The van der Waals surface area contributed by atoms with Crippen LogP contribution in [0.2, 0.25) is 5.02 Å². The van der Waals surface area contributed by atoms with Crippen molar-refractivity contribution in [2.24, 2.45) is 0 Å². The average Bonchev–Trinajstić information content (AvgIpc) is 3.21. The van der Waals surface area contributed by atoms with Crippen LogP contribution >= 0.6 is 11.6 Å². The third-order valence-corrected chi connectivity index (χ3v) is 4.37. The van der Waals surface area contributed by atoms with Gasteiger partial charge < -0.3 is 10.1 Å². The highest BCUT2D eigenvalue weighted by molar-refractivity contribution is 6.30. The minimum Gasteiger partial charge on any atom is -0.376 e. The number of nitrogens with zero attached hydrogens (tertiary/aromatic N) is 2. The first-order chi connectivity index (χ1) is 11.3. The lowest BCUT2D eigenvalue weighted by Crippen LogP contribution is -2.19. The van der Waals surface area contributed by atoms with Crippen molar-refractivity contribution in [3.8, 4) is 11.3 Å². The highest BCUT2D eigenvalue weighted by Gasteiger charge is 2.18. The molecule has 1 atom stereocenters. The minimum absolute atomic E-state index is 0.267. The Bertz CT molecular complexity index is 810. The fourth-order valence-electron chi connectivity index (χ4n) is 3.00. The number of hydrogen-bond acceptors (Lipinski definition) is 3. The Morgan fingerprint density at radius 2 is 2.09 bits per heavy atom. The molecule has 0 amide bonds. The Balaban J connectivity index is 1.76. The summed E-state index contributed by atoms with van der Waals surface area (Å²) in [6, 6.07) is 14.0. The van der Waals surface area contributed by atoms with Gasteiger partial charge in [-0.2, -0.15) is 0 Å². The molecule has 3 heterocycles. The number of aromatic nitrogens is 2. The van der Waals surface area contributed by atoms with Crippen molar-refractivity contribution in [2.45, 2.75) is 18.9 Å². The molecule has 0 radical (unpaired) electrons. The average molecular weight is 328 g/mol. The zero-order chi connectivity index (χ0) is 15.6. The molecule has 0 bridgehead atoms. The maximum Gasteiger partial charge on any atom is 0.139 e. The second-order valence-electron chi connectivity index (χ2n) is 5.77. The van der Waals surface area contributed by atoms with Gasteiger partial charge in [0.2, 0.25) is 0 Å². The minimum atomic E-state index is 0.267. The van der Waals surface area contributed by atoms with Gasteiger partial charge in [0.15, 0.2) is 0 Å². The number of anilines is 1. The zero-order valence-electron chi connectivity index (χ0n) is 12.7. The Labute approximate surface area is 140 Å². The number of halogens is 1. The van der Waals surface area contributed by atoms with Gasteiger partial charge in [-0.25, -0.2) is 4.98 Å². The molecule has 1 aliphatic heterocycles. The van der Waals surface area contributed by atoms with E-state index < -0.39 is 0 Å². The van der Waals surface area contributed by atoms with Gasteiger partial charge in [0, 0.05) is 24.9 Å². The molecule has 2 aromatic heterocycles. The summed E-state index contributed by atoms with van der Waals surface area (Å²) in [6.45, 7) is 1.64. The van der Waals surface area contributed by atoms with Gasteiger partial charge in [0.05, 0.1) is 11.1 Å². The number of benzene rings is 1. The van der Waals surface area contributed by atoms with Crippen molar-refractivity contribution in [1.29, 1.82) is 0 Å². The molecule has 4 rings (SSSR count). The number of ether oxygens (including phenoxy) is 1. The Kier molecular flexibility index (Phi) is 3.93. The van der Waals surface area contributed by atoms with Crippen molar-refractivity contribution in [2.75, 3.05) is 18.5 Å². The molecular weight excluding hydrogens is 310 g/mol. The molecule has 1 unspecified atom stereocenters. The van der Waals surface area contributed by atoms with Crippen LogP contribution in [0.4, 0.5) is 5.82 Å². The van der Waals surface area contributed by atoms with Crippen LogP contribution < -0.4 is 5.32 Å². The van der Waals surface area contributed by atoms with Gasteiger partial charge in [-0.1, -0.05) is 41.9 Å². The van der Waals surface area contributed by atoms with Crippen molar-refractivity contribution in [3.63, 3.8) is 0 Å². The largest absolute Gasteiger partial charge is 0.376 e. The summed E-state index contributed by atoms with van der Waals surface area (Å²) in [5.41, 5.74) is 2.90. The first-order valence-corrected chi connectivity index (χ1v) is 8.27. The molecule has 4 nitrogen and oxygen atoms in total. The first-order valence-electron chi connectivity index (χ1n) is 7.90. The molecule has 118 valence electrons. The molecule has 0 aliphatic carbocycles. The van der Waals surface area contributed by atoms with E-state index in [-0.39, 0.29) is 6.10 Å². The van der Waals surface area contributed by atoms with Crippen LogP contribution in [0, 0.1) is 0 Å². The zero-order valence-corrected chi connectivity index (χ0v) is 13.5. The molecular formula is C18H18ClN3O. The molecule has 1 aliphatic rings. The Hall–Kier alpha value is -2.04. The van der Waals surface area contributed by atoms with E-state index in [0.29, 0.717) is 5.02 Å². The topological polar surface area (TPSA) is 38.6 Å². The third kappa shape index (κ3) is 2.92. The maximum absolute atomic E-state index is 6.17. The molecule has 0 spiro atoms. The lowest BCUT2D eigenvalue weighted by Gasteiger charge is -2.13. The van der Waals surface area contributed by atoms with E-state index in [1.807, 2.05) is 40.9 Å². The first kappa shape index (κ1) is 14.5. The van der Waals surface area contributed by atoms with Crippen LogP contribution in [-0.4, -0.2) is 28.6 Å². The monoisotopic (exact) mass is 327 g/mol. The predicted octanol–water partition coefficient (Wildman–Crippen LogP) is 4.25. The van der Waals surface area contributed by atoms with E-state index in [9.17, 15) is 0 Å². The van der Waals surface area contributed by atoms with Crippen LogP contribution in [0.15, 0.2) is 48.7 Å². The molecule has 1 N–H and O–H groups in total. The number of nitrogens with one attached hydrogen (secondary N) is 1. The van der Waals surface area contributed by atoms with Crippen molar-refractivity contribution >= 4 is 23.1 Å². The quantitative estimate of drug-likeness (QED) is 0.778. The Morgan fingerprint density at radius 3 is 2.87 bits per heavy atom. The summed E-state index contributed by atoms with van der Waals surface area (Å²) < 4.78 is 7.73. The van der Waals surface area contributed by atoms with Gasteiger partial charge in [-0.15, -0.1) is 0 Å². The van der Waals surface area contributed by atoms with E-state index in [2.05, 4.69) is 17.4 Å². The van der Waals surface area contributed by atoms with Gasteiger partial charge >= 0.3 is 0 Å². The fraction of sp³-hybridized carbons (Fsp3) is 0.278. The maximum atomic E-state index is 6.17. The second-order valence-corrected chi connectivity index (χ2v) is 6.20. The predicted molar refractivity (Wildman–Crippen MR) is 93.1 cm³/mol. The summed E-state index contributed by atoms with van der Waals surface area (Å²) in [5, 5.41) is 4.21. The molecule has 1 saturated heterocycles. The van der Waals surface area contributed by atoms with Gasteiger partial charge in [-0.05, 0) is 25.0 Å². The second kappa shape index (κ2) is 6.22. The van der Waals surface area contributed by atoms with Crippen LogP contribution in [0.25, 0.3) is 16.9 Å². The molecule has 3 aromatic rings. The molecule has 0 saturated carbocycles. The fourth-order valence-corrected chi connectivity index (χ4v) is 3.16. The lowest BCUT2D eigenvalue weighted by atomic mass is 10.1. The van der Waals surface area contributed by atoms with Crippen molar-refractivity contribution < 1.29 is 4.74 Å². The van der Waals surface area contributed by atoms with Crippen LogP contribution in [0.3, 0.4) is 0 Å². The van der Waals surface area contributed by atoms with E-state index in [4.69, 9.17) is 21.3 Å².